The first-order chi connectivity index (χ1) is 6.60. The molecule has 0 amide bonds. The van der Waals surface area contributed by atoms with E-state index in [1.54, 1.807) is 13.0 Å². The van der Waals surface area contributed by atoms with E-state index >= 15 is 0 Å². The lowest BCUT2D eigenvalue weighted by Gasteiger charge is -2.02. The summed E-state index contributed by atoms with van der Waals surface area (Å²) in [5, 5.41) is 19.2. The fraction of sp³-hybridized carbons (Fsp3) is 0.222. The van der Waals surface area contributed by atoms with Crippen molar-refractivity contribution >= 4 is 17.3 Å². The lowest BCUT2D eigenvalue weighted by molar-refractivity contribution is -0.385. The van der Waals surface area contributed by atoms with Gasteiger partial charge in [-0.3, -0.25) is 10.1 Å². The smallest absolute Gasteiger partial charge is 0.258 e. The van der Waals surface area contributed by atoms with E-state index in [1.807, 2.05) is 0 Å². The second-order valence-electron chi connectivity index (χ2n) is 2.80. The average molecular weight is 211 g/mol. The zero-order valence-corrected chi connectivity index (χ0v) is 8.21. The van der Waals surface area contributed by atoms with Crippen LogP contribution in [0, 0.1) is 28.4 Å². The molecular formula is C9H7ClN2O2. The highest BCUT2D eigenvalue weighted by molar-refractivity contribution is 6.17. The van der Waals surface area contributed by atoms with Gasteiger partial charge in [0.1, 0.15) is 11.6 Å². The first kappa shape index (κ1) is 10.5. The summed E-state index contributed by atoms with van der Waals surface area (Å²) in [6.45, 7) is 1.77. The summed E-state index contributed by atoms with van der Waals surface area (Å²) in [5.74, 6) is 0.207. The number of nitro groups is 1. The highest BCUT2D eigenvalue weighted by atomic mass is 35.5. The molecule has 0 aliphatic heterocycles. The predicted octanol–water partition coefficient (Wildman–Crippen LogP) is 2.51. The van der Waals surface area contributed by atoms with Gasteiger partial charge in [-0.25, -0.2) is 0 Å². The molecule has 0 atom stereocenters. The zero-order valence-electron chi connectivity index (χ0n) is 7.45. The molecule has 0 saturated heterocycles. The standard InChI is InChI=1S/C9H7ClN2O2/c1-6-2-8(5-11)9(12(13)14)3-7(6)4-10/h2-3H,4H2,1H3. The van der Waals surface area contributed by atoms with E-state index in [0.717, 1.165) is 5.56 Å². The number of halogens is 1. The van der Waals surface area contributed by atoms with E-state index < -0.39 is 4.92 Å². The Hall–Kier alpha value is -1.60. The van der Waals surface area contributed by atoms with E-state index in [9.17, 15) is 10.1 Å². The molecule has 0 heterocycles. The SMILES string of the molecule is Cc1cc(C#N)c([N+](=O)[O-])cc1CCl. The van der Waals surface area contributed by atoms with Gasteiger partial charge in [-0.1, -0.05) is 0 Å². The van der Waals surface area contributed by atoms with Crippen LogP contribution >= 0.6 is 11.6 Å². The molecular weight excluding hydrogens is 204 g/mol. The summed E-state index contributed by atoms with van der Waals surface area (Å²) < 4.78 is 0. The maximum Gasteiger partial charge on any atom is 0.287 e. The molecule has 0 aliphatic rings. The van der Waals surface area contributed by atoms with Crippen LogP contribution < -0.4 is 0 Å². The lowest BCUT2D eigenvalue weighted by Crippen LogP contribution is -1.96. The van der Waals surface area contributed by atoms with Gasteiger partial charge in [-0.2, -0.15) is 5.26 Å². The van der Waals surface area contributed by atoms with Gasteiger partial charge >= 0.3 is 0 Å². The summed E-state index contributed by atoms with van der Waals surface area (Å²) in [6, 6.07) is 4.61. The molecule has 0 bridgehead atoms. The van der Waals surface area contributed by atoms with Crippen molar-refractivity contribution in [1.29, 1.82) is 5.26 Å². The van der Waals surface area contributed by atoms with Crippen molar-refractivity contribution in [3.8, 4) is 6.07 Å². The number of nitro benzene ring substituents is 1. The molecule has 0 aliphatic carbocycles. The van der Waals surface area contributed by atoms with Crippen LogP contribution in [0.15, 0.2) is 12.1 Å². The minimum atomic E-state index is -0.575. The molecule has 0 unspecified atom stereocenters. The van der Waals surface area contributed by atoms with Gasteiger partial charge in [0.25, 0.3) is 5.69 Å². The molecule has 0 aromatic heterocycles. The second kappa shape index (κ2) is 4.07. The van der Waals surface area contributed by atoms with E-state index in [4.69, 9.17) is 16.9 Å². The van der Waals surface area contributed by atoms with Crippen LogP contribution in [0.4, 0.5) is 5.69 Å². The van der Waals surface area contributed by atoms with E-state index in [-0.39, 0.29) is 17.1 Å². The van der Waals surface area contributed by atoms with Gasteiger partial charge in [0, 0.05) is 11.9 Å². The Labute approximate surface area is 85.9 Å². The third-order valence-electron chi connectivity index (χ3n) is 1.92. The van der Waals surface area contributed by atoms with E-state index in [1.165, 1.54) is 12.1 Å². The van der Waals surface area contributed by atoms with Crippen molar-refractivity contribution in [3.63, 3.8) is 0 Å². The van der Waals surface area contributed by atoms with E-state index in [0.29, 0.717) is 5.56 Å². The molecule has 1 rings (SSSR count). The molecule has 72 valence electrons. The minimum Gasteiger partial charge on any atom is -0.258 e. The van der Waals surface area contributed by atoms with Gasteiger partial charge in [-0.05, 0) is 24.1 Å². The van der Waals surface area contributed by atoms with Crippen LogP contribution in [-0.4, -0.2) is 4.92 Å². The number of alkyl halides is 1. The predicted molar refractivity (Wildman–Crippen MR) is 52.1 cm³/mol. The Morgan fingerprint density at radius 2 is 2.29 bits per heavy atom. The first-order valence-electron chi connectivity index (χ1n) is 3.84. The zero-order chi connectivity index (χ0) is 10.7. The van der Waals surface area contributed by atoms with Gasteiger partial charge in [-0.15, -0.1) is 11.6 Å². The van der Waals surface area contributed by atoms with Crippen molar-refractivity contribution < 1.29 is 4.92 Å². The first-order valence-corrected chi connectivity index (χ1v) is 4.37. The third-order valence-corrected chi connectivity index (χ3v) is 2.20. The Bertz CT molecular complexity index is 424. The van der Waals surface area contributed by atoms with Crippen LogP contribution in [0.5, 0.6) is 0 Å². The summed E-state index contributed by atoms with van der Waals surface area (Å²) in [4.78, 5) is 10.00. The Balaban J connectivity index is 3.42. The van der Waals surface area contributed by atoms with Gasteiger partial charge < -0.3 is 0 Å². The van der Waals surface area contributed by atoms with Crippen LogP contribution in [0.25, 0.3) is 0 Å². The van der Waals surface area contributed by atoms with Crippen LogP contribution in [0.3, 0.4) is 0 Å². The highest BCUT2D eigenvalue weighted by Gasteiger charge is 2.15. The summed E-state index contributed by atoms with van der Waals surface area (Å²) >= 11 is 5.60. The number of nitrogens with zero attached hydrogens (tertiary/aromatic N) is 2. The fourth-order valence-electron chi connectivity index (χ4n) is 1.12. The molecule has 14 heavy (non-hydrogen) atoms. The summed E-state index contributed by atoms with van der Waals surface area (Å²) in [7, 11) is 0. The molecule has 0 N–H and O–H groups in total. The number of aryl methyl sites for hydroxylation is 1. The topological polar surface area (TPSA) is 66.9 Å². The third kappa shape index (κ3) is 1.83. The lowest BCUT2D eigenvalue weighted by atomic mass is 10.1. The van der Waals surface area contributed by atoms with Crippen LogP contribution in [0.1, 0.15) is 16.7 Å². The van der Waals surface area contributed by atoms with Crippen molar-refractivity contribution in [1.82, 2.24) is 0 Å². The van der Waals surface area contributed by atoms with E-state index in [2.05, 4.69) is 0 Å². The van der Waals surface area contributed by atoms with Gasteiger partial charge in [0.2, 0.25) is 0 Å². The molecule has 1 aromatic carbocycles. The monoisotopic (exact) mass is 210 g/mol. The highest BCUT2D eigenvalue weighted by Crippen LogP contribution is 2.23. The van der Waals surface area contributed by atoms with Crippen molar-refractivity contribution in [3.05, 3.63) is 38.9 Å². The quantitative estimate of drug-likeness (QED) is 0.428. The van der Waals surface area contributed by atoms with Gasteiger partial charge in [0.15, 0.2) is 0 Å². The molecule has 0 fully saturated rings. The van der Waals surface area contributed by atoms with Crippen molar-refractivity contribution in [2.75, 3.05) is 0 Å². The van der Waals surface area contributed by atoms with Crippen LogP contribution in [0.2, 0.25) is 0 Å². The maximum absolute atomic E-state index is 10.6. The van der Waals surface area contributed by atoms with Crippen molar-refractivity contribution in [2.45, 2.75) is 12.8 Å². The maximum atomic E-state index is 10.6. The number of hydrogen-bond acceptors (Lipinski definition) is 3. The Morgan fingerprint density at radius 1 is 1.64 bits per heavy atom. The number of benzene rings is 1. The normalized spacial score (nSPS) is 9.50. The molecule has 1 aromatic rings. The average Bonchev–Trinajstić information content (AvgIpc) is 2.16. The number of hydrogen-bond donors (Lipinski definition) is 0. The summed E-state index contributed by atoms with van der Waals surface area (Å²) in [6.07, 6.45) is 0. The van der Waals surface area contributed by atoms with Gasteiger partial charge in [0.05, 0.1) is 4.92 Å². The van der Waals surface area contributed by atoms with Crippen LogP contribution in [-0.2, 0) is 5.88 Å². The number of rotatable bonds is 2. The minimum absolute atomic E-state index is 0.0707. The molecule has 4 nitrogen and oxygen atoms in total. The fourth-order valence-corrected chi connectivity index (χ4v) is 1.41. The molecule has 0 radical (unpaired) electrons. The number of nitriles is 1. The molecule has 0 spiro atoms. The Morgan fingerprint density at radius 3 is 2.71 bits per heavy atom. The second-order valence-corrected chi connectivity index (χ2v) is 3.07. The Kier molecular flexibility index (Phi) is 3.05. The van der Waals surface area contributed by atoms with Crippen molar-refractivity contribution in [2.24, 2.45) is 0 Å². The molecule has 0 saturated carbocycles. The molecule has 5 heteroatoms. The summed E-state index contributed by atoms with van der Waals surface area (Å²) in [5.41, 5.74) is 1.36. The largest absolute Gasteiger partial charge is 0.287 e.